The number of amidine groups is 1. The summed E-state index contributed by atoms with van der Waals surface area (Å²) in [4.78, 5) is 0. The molecular weight excluding hydrogens is 258 g/mol. The first-order valence-electron chi connectivity index (χ1n) is 6.47. The van der Waals surface area contributed by atoms with Crippen molar-refractivity contribution in [1.29, 1.82) is 0 Å². The van der Waals surface area contributed by atoms with Gasteiger partial charge in [-0.05, 0) is 18.6 Å². The Morgan fingerprint density at radius 3 is 2.90 bits per heavy atom. The minimum absolute atomic E-state index is 0.0824. The molecule has 0 aliphatic rings. The normalized spacial score (nSPS) is 15.1. The van der Waals surface area contributed by atoms with Gasteiger partial charge in [-0.2, -0.15) is 0 Å². The lowest BCUT2D eigenvalue weighted by Gasteiger charge is -2.23. The molecule has 0 amide bonds. The summed E-state index contributed by atoms with van der Waals surface area (Å²) in [5, 5.41) is 24.9. The van der Waals surface area contributed by atoms with Gasteiger partial charge in [0.25, 0.3) is 0 Å². The van der Waals surface area contributed by atoms with E-state index in [1.165, 1.54) is 0 Å². The average Bonchev–Trinajstić information content (AvgIpc) is 2.44. The zero-order valence-corrected chi connectivity index (χ0v) is 12.0. The number of nitrogens with two attached hydrogens (primary N) is 1. The summed E-state index contributed by atoms with van der Waals surface area (Å²) in [7, 11) is 1.61. The first-order chi connectivity index (χ1) is 9.48. The van der Waals surface area contributed by atoms with E-state index in [2.05, 4.69) is 10.5 Å². The van der Waals surface area contributed by atoms with Crippen LogP contribution < -0.4 is 11.1 Å². The van der Waals surface area contributed by atoms with E-state index in [0.717, 1.165) is 5.56 Å². The van der Waals surface area contributed by atoms with Crippen molar-refractivity contribution >= 4 is 5.84 Å². The number of benzene rings is 1. The van der Waals surface area contributed by atoms with Gasteiger partial charge in [0.2, 0.25) is 0 Å². The van der Waals surface area contributed by atoms with Crippen molar-refractivity contribution in [1.82, 2.24) is 5.32 Å². The van der Waals surface area contributed by atoms with Gasteiger partial charge >= 0.3 is 0 Å². The highest BCUT2D eigenvalue weighted by Gasteiger charge is 2.19. The summed E-state index contributed by atoms with van der Waals surface area (Å²) < 4.78 is 4.96. The average molecular weight is 281 g/mol. The highest BCUT2D eigenvalue weighted by molar-refractivity contribution is 5.97. The SMILES string of the molecule is COCCC(C)(O)CNCc1cccc(/C(N)=N/O)c1. The lowest BCUT2D eigenvalue weighted by Crippen LogP contribution is -2.38. The maximum Gasteiger partial charge on any atom is 0.170 e. The Balaban J connectivity index is 2.50. The summed E-state index contributed by atoms with van der Waals surface area (Å²) in [5.74, 6) is 0.0824. The van der Waals surface area contributed by atoms with Gasteiger partial charge in [0.1, 0.15) is 0 Å². The Morgan fingerprint density at radius 1 is 1.50 bits per heavy atom. The van der Waals surface area contributed by atoms with Gasteiger partial charge in [0.05, 0.1) is 5.60 Å². The fourth-order valence-electron chi connectivity index (χ4n) is 1.78. The third-order valence-corrected chi connectivity index (χ3v) is 3.01. The molecule has 0 fully saturated rings. The second-order valence-electron chi connectivity index (χ2n) is 5.03. The molecule has 1 unspecified atom stereocenters. The predicted molar refractivity (Wildman–Crippen MR) is 77.8 cm³/mol. The first-order valence-corrected chi connectivity index (χ1v) is 6.47. The summed E-state index contributed by atoms with van der Waals surface area (Å²) in [6, 6.07) is 7.39. The van der Waals surface area contributed by atoms with Gasteiger partial charge in [0.15, 0.2) is 5.84 Å². The third-order valence-electron chi connectivity index (χ3n) is 3.01. The zero-order valence-electron chi connectivity index (χ0n) is 12.0. The number of ether oxygens (including phenoxy) is 1. The van der Waals surface area contributed by atoms with E-state index in [1.54, 1.807) is 20.1 Å². The van der Waals surface area contributed by atoms with E-state index < -0.39 is 5.60 Å². The van der Waals surface area contributed by atoms with Gasteiger partial charge in [-0.1, -0.05) is 23.4 Å². The first kappa shape index (κ1) is 16.4. The monoisotopic (exact) mass is 281 g/mol. The maximum atomic E-state index is 10.1. The van der Waals surface area contributed by atoms with E-state index in [0.29, 0.717) is 31.7 Å². The summed E-state index contributed by atoms with van der Waals surface area (Å²) in [6.07, 6.45) is 0.570. The molecule has 6 nitrogen and oxygen atoms in total. The molecule has 0 saturated carbocycles. The molecule has 1 atom stereocenters. The second kappa shape index (κ2) is 7.84. The van der Waals surface area contributed by atoms with Crippen LogP contribution >= 0.6 is 0 Å². The number of nitrogens with one attached hydrogen (secondary N) is 1. The molecular formula is C14H23N3O3. The number of methoxy groups -OCH3 is 1. The van der Waals surface area contributed by atoms with Crippen LogP contribution in [-0.2, 0) is 11.3 Å². The molecule has 0 spiro atoms. The van der Waals surface area contributed by atoms with Crippen molar-refractivity contribution in [2.45, 2.75) is 25.5 Å². The molecule has 0 aromatic heterocycles. The fraction of sp³-hybridized carbons (Fsp3) is 0.500. The molecule has 1 rings (SSSR count). The molecule has 0 bridgehead atoms. The molecule has 0 radical (unpaired) electrons. The van der Waals surface area contributed by atoms with Crippen molar-refractivity contribution in [3.63, 3.8) is 0 Å². The number of rotatable bonds is 8. The zero-order chi connectivity index (χ0) is 15.0. The lowest BCUT2D eigenvalue weighted by atomic mass is 10.0. The molecule has 6 heteroatoms. The quantitative estimate of drug-likeness (QED) is 0.243. The Labute approximate surface area is 119 Å². The van der Waals surface area contributed by atoms with E-state index in [1.807, 2.05) is 18.2 Å². The van der Waals surface area contributed by atoms with Gasteiger partial charge < -0.3 is 26.1 Å². The van der Waals surface area contributed by atoms with Gasteiger partial charge in [-0.15, -0.1) is 0 Å². The third kappa shape index (κ3) is 5.56. The van der Waals surface area contributed by atoms with Crippen LogP contribution in [0.4, 0.5) is 0 Å². The van der Waals surface area contributed by atoms with E-state index in [4.69, 9.17) is 15.7 Å². The van der Waals surface area contributed by atoms with Crippen molar-refractivity contribution in [2.24, 2.45) is 10.9 Å². The number of hydrogen-bond acceptors (Lipinski definition) is 5. The van der Waals surface area contributed by atoms with Crippen molar-refractivity contribution in [3.8, 4) is 0 Å². The summed E-state index contributed by atoms with van der Waals surface area (Å²) in [5.41, 5.74) is 6.40. The molecule has 1 aromatic rings. The predicted octanol–water partition coefficient (Wildman–Crippen LogP) is 0.658. The molecule has 0 aliphatic carbocycles. The minimum atomic E-state index is -0.806. The highest BCUT2D eigenvalue weighted by atomic mass is 16.5. The van der Waals surface area contributed by atoms with Crippen LogP contribution in [-0.4, -0.2) is 42.0 Å². The molecule has 20 heavy (non-hydrogen) atoms. The highest BCUT2D eigenvalue weighted by Crippen LogP contribution is 2.09. The number of aliphatic hydroxyl groups is 1. The fourth-order valence-corrected chi connectivity index (χ4v) is 1.78. The van der Waals surface area contributed by atoms with Crippen molar-refractivity contribution < 1.29 is 15.1 Å². The van der Waals surface area contributed by atoms with Crippen LogP contribution in [0, 0.1) is 0 Å². The summed E-state index contributed by atoms with van der Waals surface area (Å²) >= 11 is 0. The Hall–Kier alpha value is -1.63. The smallest absolute Gasteiger partial charge is 0.170 e. The lowest BCUT2D eigenvalue weighted by molar-refractivity contribution is 0.0247. The maximum absolute atomic E-state index is 10.1. The molecule has 1 aromatic carbocycles. The van der Waals surface area contributed by atoms with Crippen LogP contribution in [0.3, 0.4) is 0 Å². The Kier molecular flexibility index (Phi) is 6.44. The standard InChI is InChI=1S/C14H23N3O3/c1-14(18,6-7-20-2)10-16-9-11-4-3-5-12(8-11)13(15)17-19/h3-5,8,16,18-19H,6-7,9-10H2,1-2H3,(H2,15,17). The molecule has 0 heterocycles. The number of oxime groups is 1. The molecule has 0 aliphatic heterocycles. The minimum Gasteiger partial charge on any atom is -0.409 e. The van der Waals surface area contributed by atoms with Gasteiger partial charge in [-0.25, -0.2) is 0 Å². The largest absolute Gasteiger partial charge is 0.409 e. The molecule has 5 N–H and O–H groups in total. The second-order valence-corrected chi connectivity index (χ2v) is 5.03. The van der Waals surface area contributed by atoms with Crippen molar-refractivity contribution in [2.75, 3.05) is 20.3 Å². The van der Waals surface area contributed by atoms with Crippen molar-refractivity contribution in [3.05, 3.63) is 35.4 Å². The van der Waals surface area contributed by atoms with Gasteiger partial charge in [-0.3, -0.25) is 0 Å². The number of nitrogens with zero attached hydrogens (tertiary/aromatic N) is 1. The van der Waals surface area contributed by atoms with Crippen LogP contribution in [0.2, 0.25) is 0 Å². The van der Waals surface area contributed by atoms with Gasteiger partial charge in [0, 0.05) is 38.8 Å². The topological polar surface area (TPSA) is 100 Å². The Bertz CT molecular complexity index is 447. The van der Waals surface area contributed by atoms with Crippen LogP contribution in [0.25, 0.3) is 0 Å². The van der Waals surface area contributed by atoms with E-state index in [9.17, 15) is 5.11 Å². The molecule has 0 saturated heterocycles. The van der Waals surface area contributed by atoms with Crippen LogP contribution in [0.5, 0.6) is 0 Å². The van der Waals surface area contributed by atoms with E-state index >= 15 is 0 Å². The van der Waals surface area contributed by atoms with Crippen LogP contribution in [0.1, 0.15) is 24.5 Å². The van der Waals surface area contributed by atoms with E-state index in [-0.39, 0.29) is 5.84 Å². The molecule has 112 valence electrons. The Morgan fingerprint density at radius 2 is 2.25 bits per heavy atom. The number of hydrogen-bond donors (Lipinski definition) is 4. The summed E-state index contributed by atoms with van der Waals surface area (Å²) in [6.45, 7) is 3.35. The van der Waals surface area contributed by atoms with Crippen LogP contribution in [0.15, 0.2) is 29.4 Å².